The number of anilines is 1. The molecule has 0 saturated carbocycles. The summed E-state index contributed by atoms with van der Waals surface area (Å²) >= 11 is 0. The van der Waals surface area contributed by atoms with Gasteiger partial charge in [0.15, 0.2) is 17.1 Å². The number of hydrogen-bond acceptors (Lipinski definition) is 5. The summed E-state index contributed by atoms with van der Waals surface area (Å²) in [5, 5.41) is 16.3. The SMILES string of the molecule is CCNc1cc2oc3c(O)/c(=N/C)c4ccccc4c-3nc2cc1C. The van der Waals surface area contributed by atoms with Crippen LogP contribution in [0.5, 0.6) is 5.75 Å². The molecule has 2 aromatic carbocycles. The molecule has 0 aromatic heterocycles. The van der Waals surface area contributed by atoms with E-state index in [0.29, 0.717) is 22.4 Å². The molecule has 0 unspecified atom stereocenters. The van der Waals surface area contributed by atoms with Gasteiger partial charge < -0.3 is 14.8 Å². The van der Waals surface area contributed by atoms with Crippen molar-refractivity contribution >= 4 is 27.6 Å². The van der Waals surface area contributed by atoms with Crippen LogP contribution in [0.25, 0.3) is 33.3 Å². The third-order valence-electron chi connectivity index (χ3n) is 4.43. The van der Waals surface area contributed by atoms with Crippen LogP contribution in [0.4, 0.5) is 5.69 Å². The lowest BCUT2D eigenvalue weighted by molar-refractivity contribution is 0.448. The van der Waals surface area contributed by atoms with E-state index in [4.69, 9.17) is 9.40 Å². The minimum atomic E-state index is 0.0242. The topological polar surface area (TPSA) is 70.7 Å². The molecule has 2 aromatic rings. The Balaban J connectivity index is 2.18. The van der Waals surface area contributed by atoms with Crippen LogP contribution in [0.2, 0.25) is 0 Å². The number of hydrogen-bond donors (Lipinski definition) is 2. The fourth-order valence-electron chi connectivity index (χ4n) is 3.25. The molecule has 126 valence electrons. The molecule has 2 aliphatic rings. The van der Waals surface area contributed by atoms with Crippen molar-refractivity contribution in [1.82, 2.24) is 4.98 Å². The number of aryl methyl sites for hydroxylation is 1. The Morgan fingerprint density at radius 2 is 1.96 bits per heavy atom. The Morgan fingerprint density at radius 3 is 2.68 bits per heavy atom. The molecule has 0 spiro atoms. The number of rotatable bonds is 2. The van der Waals surface area contributed by atoms with Gasteiger partial charge in [-0.3, -0.25) is 4.99 Å². The monoisotopic (exact) mass is 333 g/mol. The predicted octanol–water partition coefficient (Wildman–Crippen LogP) is 4.06. The molecule has 2 N–H and O–H groups in total. The molecule has 0 radical (unpaired) electrons. The summed E-state index contributed by atoms with van der Waals surface area (Å²) in [6, 6.07) is 11.7. The van der Waals surface area contributed by atoms with Crippen LogP contribution in [0.15, 0.2) is 45.8 Å². The van der Waals surface area contributed by atoms with Crippen LogP contribution < -0.4 is 10.7 Å². The van der Waals surface area contributed by atoms with Crippen molar-refractivity contribution < 1.29 is 9.52 Å². The summed E-state index contributed by atoms with van der Waals surface area (Å²) in [6.07, 6.45) is 0. The van der Waals surface area contributed by atoms with Gasteiger partial charge in [-0.2, -0.15) is 0 Å². The minimum Gasteiger partial charge on any atom is -0.503 e. The van der Waals surface area contributed by atoms with Crippen molar-refractivity contribution in [2.45, 2.75) is 13.8 Å². The highest BCUT2D eigenvalue weighted by Gasteiger charge is 2.21. The molecule has 4 rings (SSSR count). The first-order valence-electron chi connectivity index (χ1n) is 8.29. The summed E-state index contributed by atoms with van der Waals surface area (Å²) in [5.41, 5.74) is 4.13. The second kappa shape index (κ2) is 5.77. The van der Waals surface area contributed by atoms with Crippen LogP contribution in [-0.2, 0) is 0 Å². The second-order valence-electron chi connectivity index (χ2n) is 6.02. The molecular formula is C20H19N3O2. The lowest BCUT2D eigenvalue weighted by atomic mass is 10.0. The summed E-state index contributed by atoms with van der Waals surface area (Å²) < 4.78 is 6.06. The first kappa shape index (κ1) is 15.4. The predicted molar refractivity (Wildman–Crippen MR) is 100 cm³/mol. The summed E-state index contributed by atoms with van der Waals surface area (Å²) in [6.45, 7) is 4.91. The number of nitrogens with zero attached hydrogens (tertiary/aromatic N) is 2. The Hall–Kier alpha value is -3.08. The van der Waals surface area contributed by atoms with Gasteiger partial charge in [-0.1, -0.05) is 24.3 Å². The van der Waals surface area contributed by atoms with Crippen LogP contribution in [0.1, 0.15) is 12.5 Å². The quantitative estimate of drug-likeness (QED) is 0.429. The van der Waals surface area contributed by atoms with E-state index in [-0.39, 0.29) is 5.75 Å². The summed E-state index contributed by atoms with van der Waals surface area (Å²) in [7, 11) is 1.66. The van der Waals surface area contributed by atoms with Gasteiger partial charge in [-0.05, 0) is 25.5 Å². The van der Waals surface area contributed by atoms with Gasteiger partial charge in [-0.25, -0.2) is 4.98 Å². The number of phenolic OH excluding ortho intramolecular Hbond substituents is 1. The maximum Gasteiger partial charge on any atom is 0.197 e. The molecule has 1 heterocycles. The Labute approximate surface area is 145 Å². The van der Waals surface area contributed by atoms with Crippen molar-refractivity contribution in [1.29, 1.82) is 0 Å². The average molecular weight is 333 g/mol. The second-order valence-corrected chi connectivity index (χ2v) is 6.02. The molecule has 1 aliphatic carbocycles. The Bertz CT molecular complexity index is 1150. The van der Waals surface area contributed by atoms with E-state index in [1.165, 1.54) is 0 Å². The van der Waals surface area contributed by atoms with Crippen LogP contribution in [-0.4, -0.2) is 23.7 Å². The number of nitrogens with one attached hydrogen (secondary N) is 1. The smallest absolute Gasteiger partial charge is 0.197 e. The van der Waals surface area contributed by atoms with E-state index < -0.39 is 0 Å². The summed E-state index contributed by atoms with van der Waals surface area (Å²) in [4.78, 5) is 9.02. The average Bonchev–Trinajstić information content (AvgIpc) is 2.62. The van der Waals surface area contributed by atoms with Crippen molar-refractivity contribution in [2.75, 3.05) is 18.9 Å². The highest BCUT2D eigenvalue weighted by Crippen LogP contribution is 2.36. The third-order valence-corrected chi connectivity index (χ3v) is 4.43. The van der Waals surface area contributed by atoms with E-state index in [1.54, 1.807) is 7.05 Å². The Morgan fingerprint density at radius 1 is 1.20 bits per heavy atom. The zero-order chi connectivity index (χ0) is 17.6. The normalized spacial score (nSPS) is 12.4. The number of phenols is 1. The van der Waals surface area contributed by atoms with E-state index in [0.717, 1.165) is 34.1 Å². The van der Waals surface area contributed by atoms with Gasteiger partial charge in [0.25, 0.3) is 0 Å². The van der Waals surface area contributed by atoms with Crippen molar-refractivity contribution in [3.63, 3.8) is 0 Å². The fourth-order valence-corrected chi connectivity index (χ4v) is 3.25. The number of aromatic hydroxyl groups is 1. The standard InChI is InChI=1S/C20H19N3O2/c1-4-22-14-10-16-15(9-11(14)2)23-18-13-8-6-5-7-12(13)17(21-3)19(24)20(18)25-16/h5-10,22,24H,4H2,1-3H3/b21-17+. The lowest BCUT2D eigenvalue weighted by Crippen LogP contribution is -2.08. The molecule has 0 bridgehead atoms. The molecule has 5 nitrogen and oxygen atoms in total. The van der Waals surface area contributed by atoms with Crippen LogP contribution >= 0.6 is 0 Å². The number of fused-ring (bicyclic) bond motifs is 4. The fraction of sp³-hybridized carbons (Fsp3) is 0.200. The molecule has 0 atom stereocenters. The van der Waals surface area contributed by atoms with Gasteiger partial charge >= 0.3 is 0 Å². The van der Waals surface area contributed by atoms with E-state index in [9.17, 15) is 5.11 Å². The lowest BCUT2D eigenvalue weighted by Gasteiger charge is -2.14. The summed E-state index contributed by atoms with van der Waals surface area (Å²) in [5.74, 6) is 0.384. The molecule has 25 heavy (non-hydrogen) atoms. The highest BCUT2D eigenvalue weighted by molar-refractivity contribution is 5.99. The largest absolute Gasteiger partial charge is 0.503 e. The van der Waals surface area contributed by atoms with E-state index in [1.807, 2.05) is 50.2 Å². The molecule has 0 fully saturated rings. The Kier molecular flexibility index (Phi) is 3.57. The zero-order valence-electron chi connectivity index (χ0n) is 14.4. The molecule has 5 heteroatoms. The van der Waals surface area contributed by atoms with Gasteiger partial charge in [0.05, 0.1) is 0 Å². The minimum absolute atomic E-state index is 0.0242. The van der Waals surface area contributed by atoms with Gasteiger partial charge in [0, 0.05) is 36.1 Å². The maximum atomic E-state index is 10.7. The van der Waals surface area contributed by atoms with E-state index >= 15 is 0 Å². The van der Waals surface area contributed by atoms with Gasteiger partial charge in [0.1, 0.15) is 16.6 Å². The van der Waals surface area contributed by atoms with E-state index in [2.05, 4.69) is 10.3 Å². The molecule has 0 saturated heterocycles. The van der Waals surface area contributed by atoms with Crippen molar-refractivity contribution in [2.24, 2.45) is 4.99 Å². The zero-order valence-corrected chi connectivity index (χ0v) is 14.4. The van der Waals surface area contributed by atoms with Crippen molar-refractivity contribution in [3.8, 4) is 17.2 Å². The number of benzene rings is 3. The third kappa shape index (κ3) is 2.31. The van der Waals surface area contributed by atoms with Gasteiger partial charge in [-0.15, -0.1) is 0 Å². The van der Waals surface area contributed by atoms with Crippen molar-refractivity contribution in [3.05, 3.63) is 47.3 Å². The molecular weight excluding hydrogens is 314 g/mol. The highest BCUT2D eigenvalue weighted by atomic mass is 16.4. The maximum absolute atomic E-state index is 10.7. The number of aromatic nitrogens is 1. The van der Waals surface area contributed by atoms with Gasteiger partial charge in [0.2, 0.25) is 0 Å². The van der Waals surface area contributed by atoms with Crippen LogP contribution in [0.3, 0.4) is 0 Å². The molecule has 0 amide bonds. The van der Waals surface area contributed by atoms with Crippen LogP contribution in [0, 0.1) is 6.92 Å². The molecule has 1 aliphatic heterocycles. The first-order valence-corrected chi connectivity index (χ1v) is 8.29. The first-order chi connectivity index (χ1) is 12.1.